The third kappa shape index (κ3) is 15.2. The fourth-order valence-corrected chi connectivity index (χ4v) is 5.70. The summed E-state index contributed by atoms with van der Waals surface area (Å²) in [5.41, 5.74) is 2.01. The van der Waals surface area contributed by atoms with E-state index in [0.29, 0.717) is 6.47 Å². The van der Waals surface area contributed by atoms with Crippen LogP contribution in [0.15, 0.2) is 59.8 Å². The molecule has 44 heavy (non-hydrogen) atoms. The van der Waals surface area contributed by atoms with E-state index >= 15 is 0 Å². The summed E-state index contributed by atoms with van der Waals surface area (Å²) in [6.07, 6.45) is 26.4. The van der Waals surface area contributed by atoms with E-state index in [2.05, 4.69) is 23.8 Å². The number of ether oxygens (including phenoxy) is 5. The van der Waals surface area contributed by atoms with Gasteiger partial charge in [-0.15, -0.1) is 0 Å². The standard InChI is InChI=1S/C36H54O8/c1-6-30-22-29(24-36(39)41-5)23-33(43-30)25-32-19-14-13-18-31(44-32)17-11-8-10-16-28(3)34(42-26-37)20-12-7-9-15-27(2)21-35(38)40-4/h7,9-10,12,15-16,20,24,26,28,30-34H,6,8,11,13-14,17-19,21-23,25H2,1-5H3/b9-7-,16-10+,20-12+,27-15+,29-24+/t28?,30-,31?,32?,33?,34?/m1/s1. The molecule has 246 valence electrons. The van der Waals surface area contributed by atoms with Crippen molar-refractivity contribution in [1.82, 2.24) is 0 Å². The number of rotatable bonds is 17. The molecule has 0 aliphatic carbocycles. The molecule has 2 aliphatic heterocycles. The van der Waals surface area contributed by atoms with Gasteiger partial charge in [-0.3, -0.25) is 9.59 Å². The second-order valence-electron chi connectivity index (χ2n) is 11.9. The van der Waals surface area contributed by atoms with Gasteiger partial charge in [-0.1, -0.05) is 74.3 Å². The first-order valence-electron chi connectivity index (χ1n) is 16.2. The van der Waals surface area contributed by atoms with Gasteiger partial charge in [-0.25, -0.2) is 4.79 Å². The number of hydrogen-bond acceptors (Lipinski definition) is 8. The minimum absolute atomic E-state index is 0.0283. The number of hydrogen-bond donors (Lipinski definition) is 0. The smallest absolute Gasteiger partial charge is 0.330 e. The van der Waals surface area contributed by atoms with Gasteiger partial charge in [0.1, 0.15) is 6.10 Å². The molecular weight excluding hydrogens is 560 g/mol. The van der Waals surface area contributed by atoms with E-state index in [1.165, 1.54) is 20.6 Å². The van der Waals surface area contributed by atoms with Crippen molar-refractivity contribution in [3.8, 4) is 0 Å². The topological polar surface area (TPSA) is 97.4 Å². The van der Waals surface area contributed by atoms with Crippen molar-refractivity contribution >= 4 is 18.4 Å². The van der Waals surface area contributed by atoms with Gasteiger partial charge in [0.05, 0.1) is 45.1 Å². The average Bonchev–Trinajstić information content (AvgIpc) is 3.24. The summed E-state index contributed by atoms with van der Waals surface area (Å²) in [6, 6.07) is 0. The van der Waals surface area contributed by atoms with Gasteiger partial charge in [0.15, 0.2) is 0 Å². The molecule has 2 aliphatic rings. The van der Waals surface area contributed by atoms with Crippen LogP contribution >= 0.6 is 0 Å². The fraction of sp³-hybridized carbons (Fsp3) is 0.639. The molecule has 0 aromatic carbocycles. The lowest BCUT2D eigenvalue weighted by Crippen LogP contribution is -2.33. The fourth-order valence-electron chi connectivity index (χ4n) is 5.70. The summed E-state index contributed by atoms with van der Waals surface area (Å²) in [7, 11) is 2.79. The van der Waals surface area contributed by atoms with Gasteiger partial charge in [-0.2, -0.15) is 0 Å². The molecule has 0 amide bonds. The molecule has 0 spiro atoms. The number of unbranched alkanes of at least 4 members (excludes halogenated alkanes) is 1. The van der Waals surface area contributed by atoms with Crippen molar-refractivity contribution in [2.75, 3.05) is 14.2 Å². The van der Waals surface area contributed by atoms with Crippen LogP contribution in [-0.4, -0.2) is 63.2 Å². The predicted molar refractivity (Wildman–Crippen MR) is 172 cm³/mol. The lowest BCUT2D eigenvalue weighted by atomic mass is 9.92. The van der Waals surface area contributed by atoms with Crippen LogP contribution in [0.1, 0.15) is 97.8 Å². The molecule has 0 aromatic heterocycles. The lowest BCUT2D eigenvalue weighted by molar-refractivity contribution is -0.140. The predicted octanol–water partition coefficient (Wildman–Crippen LogP) is 7.29. The molecule has 6 atom stereocenters. The molecule has 8 nitrogen and oxygen atoms in total. The number of methoxy groups -OCH3 is 2. The summed E-state index contributed by atoms with van der Waals surface area (Å²) in [5, 5.41) is 0. The molecule has 0 aromatic rings. The second kappa shape index (κ2) is 21.7. The highest BCUT2D eigenvalue weighted by Gasteiger charge is 2.29. The normalized spacial score (nSPS) is 25.7. The van der Waals surface area contributed by atoms with E-state index in [-0.39, 0.29) is 54.8 Å². The second-order valence-corrected chi connectivity index (χ2v) is 11.9. The van der Waals surface area contributed by atoms with Crippen LogP contribution in [0.5, 0.6) is 0 Å². The zero-order chi connectivity index (χ0) is 32.2. The average molecular weight is 615 g/mol. The molecule has 5 unspecified atom stereocenters. The maximum atomic E-state index is 11.8. The maximum Gasteiger partial charge on any atom is 0.330 e. The monoisotopic (exact) mass is 614 g/mol. The summed E-state index contributed by atoms with van der Waals surface area (Å²) in [5.74, 6) is -0.534. The van der Waals surface area contributed by atoms with Gasteiger partial charge < -0.3 is 23.7 Å². The number of carbonyl (C=O) groups is 3. The van der Waals surface area contributed by atoms with E-state index in [1.807, 2.05) is 44.2 Å². The van der Waals surface area contributed by atoms with E-state index in [0.717, 1.165) is 75.4 Å². The quantitative estimate of drug-likeness (QED) is 0.0321. The van der Waals surface area contributed by atoms with E-state index < -0.39 is 0 Å². The maximum absolute atomic E-state index is 11.8. The van der Waals surface area contributed by atoms with E-state index in [1.54, 1.807) is 6.08 Å². The van der Waals surface area contributed by atoms with Gasteiger partial charge in [-0.05, 0) is 64.4 Å². The molecule has 0 N–H and O–H groups in total. The molecule has 0 radical (unpaired) electrons. The van der Waals surface area contributed by atoms with E-state index in [9.17, 15) is 14.4 Å². The highest BCUT2D eigenvalue weighted by atomic mass is 16.5. The van der Waals surface area contributed by atoms with Gasteiger partial charge in [0.2, 0.25) is 0 Å². The molecular formula is C36H54O8. The van der Waals surface area contributed by atoms with Crippen LogP contribution < -0.4 is 0 Å². The Morgan fingerprint density at radius 3 is 2.39 bits per heavy atom. The Hall–Kier alpha value is -2.97. The highest BCUT2D eigenvalue weighted by Crippen LogP contribution is 2.32. The van der Waals surface area contributed by atoms with Crippen molar-refractivity contribution in [3.05, 3.63) is 59.8 Å². The highest BCUT2D eigenvalue weighted by molar-refractivity contribution is 5.82. The van der Waals surface area contributed by atoms with Crippen LogP contribution in [0.2, 0.25) is 0 Å². The zero-order valence-electron chi connectivity index (χ0n) is 27.4. The number of carbonyl (C=O) groups excluding carboxylic acids is 3. The summed E-state index contributed by atoms with van der Waals surface area (Å²) in [6.45, 7) is 6.51. The van der Waals surface area contributed by atoms with Crippen molar-refractivity contribution in [2.24, 2.45) is 5.92 Å². The Morgan fingerprint density at radius 1 is 0.955 bits per heavy atom. The molecule has 2 rings (SSSR count). The van der Waals surface area contributed by atoms with Crippen LogP contribution in [0.3, 0.4) is 0 Å². The van der Waals surface area contributed by atoms with E-state index in [4.69, 9.17) is 18.9 Å². The van der Waals surface area contributed by atoms with Crippen molar-refractivity contribution in [1.29, 1.82) is 0 Å². The number of allylic oxidation sites excluding steroid dienone is 5. The Morgan fingerprint density at radius 2 is 1.68 bits per heavy atom. The van der Waals surface area contributed by atoms with Gasteiger partial charge >= 0.3 is 11.9 Å². The van der Waals surface area contributed by atoms with Crippen molar-refractivity contribution in [2.45, 2.75) is 128 Å². The van der Waals surface area contributed by atoms with Crippen LogP contribution in [0.4, 0.5) is 0 Å². The summed E-state index contributed by atoms with van der Waals surface area (Å²) in [4.78, 5) is 34.2. The molecule has 0 bridgehead atoms. The minimum Gasteiger partial charge on any atom is -0.469 e. The Labute approximate surface area is 264 Å². The Balaban J connectivity index is 1.81. The van der Waals surface area contributed by atoms with Gasteiger partial charge in [0.25, 0.3) is 6.47 Å². The van der Waals surface area contributed by atoms with Crippen molar-refractivity contribution < 1.29 is 38.1 Å². The molecule has 2 heterocycles. The Bertz CT molecular complexity index is 1020. The lowest BCUT2D eigenvalue weighted by Gasteiger charge is -2.34. The first-order chi connectivity index (χ1) is 21.3. The third-order valence-corrected chi connectivity index (χ3v) is 8.18. The minimum atomic E-state index is -0.364. The van der Waals surface area contributed by atoms with Crippen LogP contribution in [0, 0.1) is 5.92 Å². The van der Waals surface area contributed by atoms with Crippen molar-refractivity contribution in [3.63, 3.8) is 0 Å². The van der Waals surface area contributed by atoms with Crippen LogP contribution in [-0.2, 0) is 38.1 Å². The first kappa shape index (κ1) is 37.2. The third-order valence-electron chi connectivity index (χ3n) is 8.18. The van der Waals surface area contributed by atoms with Gasteiger partial charge in [0, 0.05) is 18.4 Å². The SMILES string of the molecule is CC[C@@H]1C/C(=C\C(=O)OC)CC(CC2CCCCC(CCC/C=C/C(C)C(/C=C/C=C\C=C(/C)CC(=O)OC)OC=O)O2)O1. The molecule has 0 saturated carbocycles. The molecule has 2 fully saturated rings. The summed E-state index contributed by atoms with van der Waals surface area (Å²) < 4.78 is 27.8. The zero-order valence-corrected chi connectivity index (χ0v) is 27.4. The Kier molecular flexibility index (Phi) is 18.3. The number of esters is 2. The first-order valence-corrected chi connectivity index (χ1v) is 16.2. The molecule has 2 saturated heterocycles. The summed E-state index contributed by atoms with van der Waals surface area (Å²) >= 11 is 0. The van der Waals surface area contributed by atoms with Crippen LogP contribution in [0.25, 0.3) is 0 Å². The molecule has 8 heteroatoms. The largest absolute Gasteiger partial charge is 0.469 e.